The summed E-state index contributed by atoms with van der Waals surface area (Å²) in [5, 5.41) is 7.21. The first-order valence-electron chi connectivity index (χ1n) is 5.53. The molecule has 0 bridgehead atoms. The number of aromatic nitrogens is 1. The zero-order chi connectivity index (χ0) is 13.1. The van der Waals surface area contributed by atoms with E-state index in [9.17, 15) is 4.79 Å². The molecule has 5 heteroatoms. The van der Waals surface area contributed by atoms with E-state index in [0.717, 1.165) is 5.56 Å². The Morgan fingerprint density at radius 2 is 2.22 bits per heavy atom. The van der Waals surface area contributed by atoms with Crippen LogP contribution in [0.2, 0.25) is 5.02 Å². The molecule has 0 saturated heterocycles. The second-order valence-electron chi connectivity index (χ2n) is 4.01. The lowest BCUT2D eigenvalue weighted by Gasteiger charge is -2.05. The fourth-order valence-electron chi connectivity index (χ4n) is 1.72. The largest absolute Gasteiger partial charge is 0.361 e. The summed E-state index contributed by atoms with van der Waals surface area (Å²) in [5.41, 5.74) is 2.04. The van der Waals surface area contributed by atoms with Crippen molar-refractivity contribution in [2.75, 3.05) is 0 Å². The molecule has 0 saturated carbocycles. The maximum Gasteiger partial charge on any atom is 0.257 e. The quantitative estimate of drug-likeness (QED) is 0.927. The number of hydrogen-bond acceptors (Lipinski definition) is 3. The lowest BCUT2D eigenvalue weighted by Crippen LogP contribution is -2.23. The van der Waals surface area contributed by atoms with Gasteiger partial charge in [-0.1, -0.05) is 28.9 Å². The van der Waals surface area contributed by atoms with E-state index in [1.807, 2.05) is 18.2 Å². The van der Waals surface area contributed by atoms with Crippen molar-refractivity contribution in [3.05, 3.63) is 51.9 Å². The number of rotatable bonds is 3. The molecular formula is C13H13ClN2O2. The van der Waals surface area contributed by atoms with Crippen LogP contribution in [0.15, 0.2) is 28.8 Å². The molecule has 0 aliphatic carbocycles. The van der Waals surface area contributed by atoms with Crippen molar-refractivity contribution >= 4 is 17.5 Å². The molecule has 18 heavy (non-hydrogen) atoms. The van der Waals surface area contributed by atoms with E-state index in [0.29, 0.717) is 28.6 Å². The molecule has 1 heterocycles. The molecule has 1 amide bonds. The maximum atomic E-state index is 12.0. The molecule has 0 atom stereocenters. The number of hydrogen-bond donors (Lipinski definition) is 1. The predicted octanol–water partition coefficient (Wildman–Crippen LogP) is 2.87. The monoisotopic (exact) mass is 264 g/mol. The van der Waals surface area contributed by atoms with Gasteiger partial charge in [0.25, 0.3) is 5.91 Å². The number of aryl methyl sites for hydroxylation is 2. The Labute approximate surface area is 110 Å². The van der Waals surface area contributed by atoms with Crippen molar-refractivity contribution in [1.29, 1.82) is 0 Å². The summed E-state index contributed by atoms with van der Waals surface area (Å²) >= 11 is 5.87. The van der Waals surface area contributed by atoms with Gasteiger partial charge in [0.1, 0.15) is 11.3 Å². The van der Waals surface area contributed by atoms with E-state index < -0.39 is 0 Å². The molecule has 4 nitrogen and oxygen atoms in total. The minimum Gasteiger partial charge on any atom is -0.361 e. The highest BCUT2D eigenvalue weighted by Crippen LogP contribution is 2.13. The van der Waals surface area contributed by atoms with Gasteiger partial charge in [0.2, 0.25) is 0 Å². The molecule has 1 N–H and O–H groups in total. The zero-order valence-electron chi connectivity index (χ0n) is 10.2. The molecule has 1 aromatic heterocycles. The van der Waals surface area contributed by atoms with Gasteiger partial charge < -0.3 is 9.84 Å². The van der Waals surface area contributed by atoms with Gasteiger partial charge >= 0.3 is 0 Å². The van der Waals surface area contributed by atoms with Crippen molar-refractivity contribution in [3.8, 4) is 0 Å². The highest BCUT2D eigenvalue weighted by Gasteiger charge is 2.16. The Morgan fingerprint density at radius 1 is 1.44 bits per heavy atom. The molecule has 0 unspecified atom stereocenters. The summed E-state index contributed by atoms with van der Waals surface area (Å²) in [6.45, 7) is 3.88. The molecular weight excluding hydrogens is 252 g/mol. The molecule has 0 radical (unpaired) electrons. The van der Waals surface area contributed by atoms with Gasteiger partial charge in [-0.25, -0.2) is 0 Å². The minimum atomic E-state index is -0.189. The van der Waals surface area contributed by atoms with Crippen molar-refractivity contribution in [2.45, 2.75) is 20.4 Å². The van der Waals surface area contributed by atoms with Crippen LogP contribution in [0.25, 0.3) is 0 Å². The van der Waals surface area contributed by atoms with Gasteiger partial charge in [-0.05, 0) is 31.5 Å². The van der Waals surface area contributed by atoms with E-state index in [-0.39, 0.29) is 5.91 Å². The van der Waals surface area contributed by atoms with Gasteiger partial charge in [0.15, 0.2) is 0 Å². The highest BCUT2D eigenvalue weighted by atomic mass is 35.5. The second-order valence-corrected chi connectivity index (χ2v) is 4.45. The Bertz CT molecular complexity index is 559. The van der Waals surface area contributed by atoms with E-state index in [1.165, 1.54) is 0 Å². The number of amides is 1. The standard InChI is InChI=1S/C13H13ClN2O2/c1-8-12(9(2)18-16-8)13(17)15-7-10-4-3-5-11(14)6-10/h3-6H,7H2,1-2H3,(H,15,17). The van der Waals surface area contributed by atoms with E-state index >= 15 is 0 Å². The van der Waals surface area contributed by atoms with E-state index in [4.69, 9.17) is 16.1 Å². The normalized spacial score (nSPS) is 10.4. The molecule has 2 aromatic rings. The average molecular weight is 265 g/mol. The van der Waals surface area contributed by atoms with Gasteiger partial charge in [0, 0.05) is 11.6 Å². The lowest BCUT2D eigenvalue weighted by atomic mass is 10.2. The fraction of sp³-hybridized carbons (Fsp3) is 0.231. The Kier molecular flexibility index (Phi) is 3.67. The Hall–Kier alpha value is -1.81. The number of nitrogens with zero attached hydrogens (tertiary/aromatic N) is 1. The van der Waals surface area contributed by atoms with Gasteiger partial charge in [0.05, 0.1) is 5.69 Å². The fourth-order valence-corrected chi connectivity index (χ4v) is 1.94. The summed E-state index contributed by atoms with van der Waals surface area (Å²) in [5.74, 6) is 0.335. The lowest BCUT2D eigenvalue weighted by molar-refractivity contribution is 0.0949. The summed E-state index contributed by atoms with van der Waals surface area (Å²) in [6.07, 6.45) is 0. The van der Waals surface area contributed by atoms with Crippen molar-refractivity contribution in [3.63, 3.8) is 0 Å². The molecule has 2 rings (SSSR count). The van der Waals surface area contributed by atoms with Crippen LogP contribution in [0.1, 0.15) is 27.4 Å². The minimum absolute atomic E-state index is 0.189. The number of carbonyl (C=O) groups is 1. The zero-order valence-corrected chi connectivity index (χ0v) is 10.9. The topological polar surface area (TPSA) is 55.1 Å². The van der Waals surface area contributed by atoms with Crippen LogP contribution in [0.5, 0.6) is 0 Å². The third kappa shape index (κ3) is 2.71. The summed E-state index contributed by atoms with van der Waals surface area (Å²) < 4.78 is 4.96. The number of nitrogens with one attached hydrogen (secondary N) is 1. The molecule has 94 valence electrons. The van der Waals surface area contributed by atoms with Crippen LogP contribution in [0, 0.1) is 13.8 Å². The van der Waals surface area contributed by atoms with Gasteiger partial charge in [-0.3, -0.25) is 4.79 Å². The number of benzene rings is 1. The van der Waals surface area contributed by atoms with Crippen LogP contribution in [-0.2, 0) is 6.54 Å². The first-order valence-corrected chi connectivity index (χ1v) is 5.91. The highest BCUT2D eigenvalue weighted by molar-refractivity contribution is 6.30. The van der Waals surface area contributed by atoms with Crippen LogP contribution in [0.4, 0.5) is 0 Å². The van der Waals surface area contributed by atoms with Gasteiger partial charge in [-0.2, -0.15) is 0 Å². The first-order chi connectivity index (χ1) is 8.58. The van der Waals surface area contributed by atoms with Crippen molar-refractivity contribution in [1.82, 2.24) is 10.5 Å². The van der Waals surface area contributed by atoms with Crippen LogP contribution in [-0.4, -0.2) is 11.1 Å². The average Bonchev–Trinajstić information content (AvgIpc) is 2.66. The van der Waals surface area contributed by atoms with Crippen molar-refractivity contribution in [2.24, 2.45) is 0 Å². The predicted molar refractivity (Wildman–Crippen MR) is 68.6 cm³/mol. The van der Waals surface area contributed by atoms with Crippen LogP contribution in [0.3, 0.4) is 0 Å². The molecule has 1 aromatic carbocycles. The molecule has 0 aliphatic heterocycles. The molecule has 0 aliphatic rings. The van der Waals surface area contributed by atoms with Gasteiger partial charge in [-0.15, -0.1) is 0 Å². The van der Waals surface area contributed by atoms with Crippen molar-refractivity contribution < 1.29 is 9.32 Å². The summed E-state index contributed by atoms with van der Waals surface area (Å²) in [4.78, 5) is 12.0. The smallest absolute Gasteiger partial charge is 0.257 e. The molecule has 0 spiro atoms. The Morgan fingerprint density at radius 3 is 2.83 bits per heavy atom. The number of carbonyl (C=O) groups excluding carboxylic acids is 1. The third-order valence-electron chi connectivity index (χ3n) is 2.60. The van der Waals surface area contributed by atoms with E-state index in [2.05, 4.69) is 10.5 Å². The molecule has 0 fully saturated rings. The summed E-state index contributed by atoms with van der Waals surface area (Å²) in [6, 6.07) is 7.36. The van der Waals surface area contributed by atoms with E-state index in [1.54, 1.807) is 19.9 Å². The second kappa shape index (κ2) is 5.23. The van der Waals surface area contributed by atoms with Crippen LogP contribution < -0.4 is 5.32 Å². The summed E-state index contributed by atoms with van der Waals surface area (Å²) in [7, 11) is 0. The van der Waals surface area contributed by atoms with Crippen LogP contribution >= 0.6 is 11.6 Å². The maximum absolute atomic E-state index is 12.0. The first kappa shape index (κ1) is 12.6. The number of halogens is 1. The Balaban J connectivity index is 2.05. The SMILES string of the molecule is Cc1noc(C)c1C(=O)NCc1cccc(Cl)c1. The third-order valence-corrected chi connectivity index (χ3v) is 2.84.